The Morgan fingerprint density at radius 2 is 2.00 bits per heavy atom. The van der Waals surface area contributed by atoms with E-state index in [4.69, 9.17) is 0 Å². The lowest BCUT2D eigenvalue weighted by molar-refractivity contribution is 0.0953. The van der Waals surface area contributed by atoms with Crippen LogP contribution in [-0.4, -0.2) is 12.5 Å². The molecular weight excluding hydrogens is 321 g/mol. The van der Waals surface area contributed by atoms with E-state index in [0.29, 0.717) is 18.5 Å². The molecule has 20 heavy (non-hydrogen) atoms. The quantitative estimate of drug-likeness (QED) is 0.902. The van der Waals surface area contributed by atoms with Gasteiger partial charge >= 0.3 is 0 Å². The van der Waals surface area contributed by atoms with Crippen LogP contribution in [0.1, 0.15) is 21.5 Å². The molecule has 0 saturated heterocycles. The van der Waals surface area contributed by atoms with E-state index in [1.807, 2.05) is 25.1 Å². The van der Waals surface area contributed by atoms with E-state index in [1.54, 1.807) is 12.1 Å². The minimum absolute atomic E-state index is 0.128. The zero-order chi connectivity index (χ0) is 14.5. The molecule has 0 spiro atoms. The average Bonchev–Trinajstić information content (AvgIpc) is 2.42. The first-order chi connectivity index (χ1) is 9.58. The van der Waals surface area contributed by atoms with Crippen molar-refractivity contribution in [3.05, 3.63) is 69.4 Å². The first-order valence-electron chi connectivity index (χ1n) is 6.35. The average molecular weight is 336 g/mol. The SMILES string of the molecule is Cc1cccc(C(=O)NCCc2cccc(F)c2)c1Br. The van der Waals surface area contributed by atoms with E-state index in [2.05, 4.69) is 21.2 Å². The lowest BCUT2D eigenvalue weighted by atomic mass is 10.1. The Hall–Kier alpha value is -1.68. The fourth-order valence-corrected chi connectivity index (χ4v) is 2.38. The van der Waals surface area contributed by atoms with Crippen LogP contribution >= 0.6 is 15.9 Å². The van der Waals surface area contributed by atoms with Gasteiger partial charge in [0.25, 0.3) is 5.91 Å². The van der Waals surface area contributed by atoms with Crippen molar-refractivity contribution in [2.75, 3.05) is 6.54 Å². The lowest BCUT2D eigenvalue weighted by Crippen LogP contribution is -2.26. The van der Waals surface area contributed by atoms with Crippen LogP contribution in [0.25, 0.3) is 0 Å². The smallest absolute Gasteiger partial charge is 0.252 e. The Balaban J connectivity index is 1.94. The number of halogens is 2. The van der Waals surface area contributed by atoms with Gasteiger partial charge in [0, 0.05) is 11.0 Å². The molecule has 0 aromatic heterocycles. The van der Waals surface area contributed by atoms with Gasteiger partial charge in [-0.25, -0.2) is 4.39 Å². The van der Waals surface area contributed by atoms with Gasteiger partial charge in [-0.05, 0) is 58.6 Å². The Morgan fingerprint density at radius 1 is 1.25 bits per heavy atom. The van der Waals surface area contributed by atoms with Crippen molar-refractivity contribution in [1.82, 2.24) is 5.32 Å². The molecule has 0 bridgehead atoms. The third kappa shape index (κ3) is 3.67. The Bertz CT molecular complexity index is 628. The number of amides is 1. The zero-order valence-electron chi connectivity index (χ0n) is 11.1. The molecule has 0 aliphatic rings. The van der Waals surface area contributed by atoms with Crippen molar-refractivity contribution >= 4 is 21.8 Å². The molecule has 2 nitrogen and oxygen atoms in total. The fraction of sp³-hybridized carbons (Fsp3) is 0.188. The van der Waals surface area contributed by atoms with Gasteiger partial charge in [-0.3, -0.25) is 4.79 Å². The standard InChI is InChI=1S/C16H15BrFNO/c1-11-4-2-7-14(15(11)17)16(20)19-9-8-12-5-3-6-13(18)10-12/h2-7,10H,8-9H2,1H3,(H,19,20). The second-order valence-electron chi connectivity index (χ2n) is 4.57. The van der Waals surface area contributed by atoms with E-state index >= 15 is 0 Å². The highest BCUT2D eigenvalue weighted by Crippen LogP contribution is 2.20. The maximum absolute atomic E-state index is 13.0. The number of benzene rings is 2. The molecule has 2 aromatic carbocycles. The summed E-state index contributed by atoms with van der Waals surface area (Å²) in [7, 11) is 0. The summed E-state index contributed by atoms with van der Waals surface area (Å²) in [6.07, 6.45) is 0.604. The predicted octanol–water partition coefficient (Wildman–Crippen LogP) is 3.87. The van der Waals surface area contributed by atoms with E-state index in [-0.39, 0.29) is 11.7 Å². The van der Waals surface area contributed by atoms with E-state index in [9.17, 15) is 9.18 Å². The Kier molecular flexibility index (Phi) is 4.90. The highest BCUT2D eigenvalue weighted by atomic mass is 79.9. The minimum Gasteiger partial charge on any atom is -0.352 e. The summed E-state index contributed by atoms with van der Waals surface area (Å²) in [5.41, 5.74) is 2.50. The number of hydrogen-bond acceptors (Lipinski definition) is 1. The van der Waals surface area contributed by atoms with Gasteiger partial charge in [-0.2, -0.15) is 0 Å². The van der Waals surface area contributed by atoms with E-state index < -0.39 is 0 Å². The number of carbonyl (C=O) groups is 1. The first kappa shape index (κ1) is 14.7. The molecule has 0 aliphatic heterocycles. The van der Waals surface area contributed by atoms with Crippen LogP contribution in [0, 0.1) is 12.7 Å². The molecule has 1 N–H and O–H groups in total. The normalized spacial score (nSPS) is 10.3. The van der Waals surface area contributed by atoms with Crippen molar-refractivity contribution in [3.63, 3.8) is 0 Å². The van der Waals surface area contributed by atoms with Gasteiger partial charge in [-0.15, -0.1) is 0 Å². The van der Waals surface area contributed by atoms with Crippen LogP contribution in [0.5, 0.6) is 0 Å². The van der Waals surface area contributed by atoms with Crippen LogP contribution in [0.4, 0.5) is 4.39 Å². The molecule has 1 amide bonds. The van der Waals surface area contributed by atoms with Crippen LogP contribution < -0.4 is 5.32 Å². The topological polar surface area (TPSA) is 29.1 Å². The monoisotopic (exact) mass is 335 g/mol. The van der Waals surface area contributed by atoms with Crippen LogP contribution in [0.3, 0.4) is 0 Å². The summed E-state index contributed by atoms with van der Waals surface area (Å²) in [6, 6.07) is 12.0. The summed E-state index contributed by atoms with van der Waals surface area (Å²) < 4.78 is 13.8. The van der Waals surface area contributed by atoms with E-state index in [1.165, 1.54) is 12.1 Å². The molecule has 4 heteroatoms. The molecule has 0 atom stereocenters. The summed E-state index contributed by atoms with van der Waals surface area (Å²) in [4.78, 5) is 12.1. The molecule has 2 aromatic rings. The zero-order valence-corrected chi connectivity index (χ0v) is 12.7. The fourth-order valence-electron chi connectivity index (χ4n) is 1.93. The minimum atomic E-state index is -0.254. The van der Waals surface area contributed by atoms with Gasteiger partial charge in [-0.1, -0.05) is 24.3 Å². The highest BCUT2D eigenvalue weighted by Gasteiger charge is 2.10. The van der Waals surface area contributed by atoms with Crippen molar-refractivity contribution in [2.45, 2.75) is 13.3 Å². The second kappa shape index (κ2) is 6.66. The number of nitrogens with one attached hydrogen (secondary N) is 1. The van der Waals surface area contributed by atoms with Crippen LogP contribution in [0.2, 0.25) is 0 Å². The van der Waals surface area contributed by atoms with Gasteiger partial charge in [0.05, 0.1) is 5.56 Å². The summed E-state index contributed by atoms with van der Waals surface area (Å²) in [6.45, 7) is 2.41. The number of carbonyl (C=O) groups excluding carboxylic acids is 1. The number of rotatable bonds is 4. The van der Waals surface area contributed by atoms with Gasteiger partial charge in [0.1, 0.15) is 5.82 Å². The van der Waals surface area contributed by atoms with Gasteiger partial charge < -0.3 is 5.32 Å². The van der Waals surface area contributed by atoms with Crippen molar-refractivity contribution in [2.24, 2.45) is 0 Å². The van der Waals surface area contributed by atoms with Crippen molar-refractivity contribution < 1.29 is 9.18 Å². The Morgan fingerprint density at radius 3 is 2.75 bits per heavy atom. The molecule has 0 unspecified atom stereocenters. The molecular formula is C16H15BrFNO. The summed E-state index contributed by atoms with van der Waals surface area (Å²) in [5, 5.41) is 2.84. The Labute approximate surface area is 126 Å². The largest absolute Gasteiger partial charge is 0.352 e. The highest BCUT2D eigenvalue weighted by molar-refractivity contribution is 9.10. The predicted molar refractivity (Wildman–Crippen MR) is 81.3 cm³/mol. The molecule has 2 rings (SSSR count). The molecule has 0 aliphatic carbocycles. The van der Waals surface area contributed by atoms with Crippen LogP contribution in [-0.2, 0) is 6.42 Å². The number of hydrogen-bond donors (Lipinski definition) is 1. The maximum atomic E-state index is 13.0. The molecule has 0 heterocycles. The lowest BCUT2D eigenvalue weighted by Gasteiger charge is -2.08. The van der Waals surface area contributed by atoms with Crippen molar-refractivity contribution in [1.29, 1.82) is 0 Å². The molecule has 0 radical (unpaired) electrons. The third-order valence-corrected chi connectivity index (χ3v) is 4.08. The molecule has 0 fully saturated rings. The summed E-state index contributed by atoms with van der Waals surface area (Å²) in [5.74, 6) is -0.382. The second-order valence-corrected chi connectivity index (χ2v) is 5.37. The van der Waals surface area contributed by atoms with Crippen molar-refractivity contribution in [3.8, 4) is 0 Å². The van der Waals surface area contributed by atoms with Gasteiger partial charge in [0.2, 0.25) is 0 Å². The first-order valence-corrected chi connectivity index (χ1v) is 7.15. The van der Waals surface area contributed by atoms with Crippen LogP contribution in [0.15, 0.2) is 46.9 Å². The summed E-state index contributed by atoms with van der Waals surface area (Å²) >= 11 is 3.42. The molecule has 104 valence electrons. The maximum Gasteiger partial charge on any atom is 0.252 e. The van der Waals surface area contributed by atoms with Gasteiger partial charge in [0.15, 0.2) is 0 Å². The third-order valence-electron chi connectivity index (χ3n) is 3.02. The van der Waals surface area contributed by atoms with E-state index in [0.717, 1.165) is 15.6 Å². The molecule has 0 saturated carbocycles. The number of aryl methyl sites for hydroxylation is 1.